The molecular formula is C29H27N5O3. The van der Waals surface area contributed by atoms with E-state index in [2.05, 4.69) is 16.0 Å². The van der Waals surface area contributed by atoms with Crippen molar-refractivity contribution in [2.24, 2.45) is 0 Å². The van der Waals surface area contributed by atoms with E-state index in [1.807, 2.05) is 97.2 Å². The molecule has 186 valence electrons. The van der Waals surface area contributed by atoms with Crippen molar-refractivity contribution in [2.45, 2.75) is 26.7 Å². The van der Waals surface area contributed by atoms with Gasteiger partial charge < -0.3 is 4.74 Å². The van der Waals surface area contributed by atoms with Crippen LogP contribution in [0.2, 0.25) is 0 Å². The molecule has 0 fully saturated rings. The summed E-state index contributed by atoms with van der Waals surface area (Å²) in [6.45, 7) is 3.69. The predicted molar refractivity (Wildman–Crippen MR) is 142 cm³/mol. The molecule has 0 radical (unpaired) electrons. The number of rotatable bonds is 7. The number of fused-ring (bicyclic) bond motifs is 3. The summed E-state index contributed by atoms with van der Waals surface area (Å²) in [5, 5.41) is 5.65. The molecule has 2 heterocycles. The summed E-state index contributed by atoms with van der Waals surface area (Å²) in [4.78, 5) is 29.5. The van der Waals surface area contributed by atoms with E-state index in [9.17, 15) is 9.59 Å². The summed E-state index contributed by atoms with van der Waals surface area (Å²) in [5.74, 6) is -0.159. The van der Waals surface area contributed by atoms with E-state index in [0.717, 1.165) is 44.6 Å². The first kappa shape index (κ1) is 24.0. The smallest absolute Gasteiger partial charge is 0.276 e. The van der Waals surface area contributed by atoms with Crippen molar-refractivity contribution in [3.63, 3.8) is 0 Å². The van der Waals surface area contributed by atoms with Crippen LogP contribution in [0.15, 0.2) is 78.9 Å². The minimum atomic E-state index is -0.449. The number of amides is 2. The summed E-state index contributed by atoms with van der Waals surface area (Å²) in [5.41, 5.74) is 11.2. The SMILES string of the molecule is Cc1nc2c3ccccc3nn2c(C)c1CCC(=O)NNC(=O)COc1ccccc1-c1ccccc1. The molecule has 0 aliphatic heterocycles. The average Bonchev–Trinajstić information content (AvgIpc) is 3.30. The Hall–Kier alpha value is -4.72. The van der Waals surface area contributed by atoms with Crippen LogP contribution in [-0.4, -0.2) is 33.0 Å². The van der Waals surface area contributed by atoms with Gasteiger partial charge in [-0.1, -0.05) is 60.7 Å². The van der Waals surface area contributed by atoms with Crippen molar-refractivity contribution in [3.05, 3.63) is 95.8 Å². The Labute approximate surface area is 214 Å². The Bertz CT molecular complexity index is 1590. The Morgan fingerprint density at radius 3 is 2.41 bits per heavy atom. The zero-order chi connectivity index (χ0) is 25.8. The van der Waals surface area contributed by atoms with Gasteiger partial charge in [0.05, 0.1) is 5.52 Å². The normalized spacial score (nSPS) is 11.0. The third kappa shape index (κ3) is 5.13. The zero-order valence-corrected chi connectivity index (χ0v) is 20.7. The highest BCUT2D eigenvalue weighted by Crippen LogP contribution is 2.29. The first-order valence-electron chi connectivity index (χ1n) is 12.1. The van der Waals surface area contributed by atoms with Gasteiger partial charge in [-0.05, 0) is 49.6 Å². The average molecular weight is 494 g/mol. The van der Waals surface area contributed by atoms with Crippen molar-refractivity contribution in [1.29, 1.82) is 0 Å². The molecule has 8 nitrogen and oxygen atoms in total. The van der Waals surface area contributed by atoms with E-state index in [1.165, 1.54) is 0 Å². The first-order valence-corrected chi connectivity index (χ1v) is 12.1. The number of hydrogen-bond acceptors (Lipinski definition) is 5. The third-order valence-corrected chi connectivity index (χ3v) is 6.29. The second kappa shape index (κ2) is 10.5. The van der Waals surface area contributed by atoms with Crippen LogP contribution >= 0.6 is 0 Å². The van der Waals surface area contributed by atoms with Gasteiger partial charge >= 0.3 is 0 Å². The number of nitrogens with zero attached hydrogens (tertiary/aromatic N) is 3. The Morgan fingerprint density at radius 2 is 1.57 bits per heavy atom. The molecule has 0 aliphatic rings. The second-order valence-corrected chi connectivity index (χ2v) is 8.76. The monoisotopic (exact) mass is 493 g/mol. The van der Waals surface area contributed by atoms with Crippen molar-refractivity contribution >= 4 is 28.4 Å². The molecule has 0 saturated heterocycles. The lowest BCUT2D eigenvalue weighted by atomic mass is 10.1. The summed E-state index contributed by atoms with van der Waals surface area (Å²) < 4.78 is 7.56. The number of nitrogens with one attached hydrogen (secondary N) is 2. The molecule has 5 aromatic rings. The van der Waals surface area contributed by atoms with Crippen LogP contribution in [0.25, 0.3) is 27.7 Å². The molecule has 0 atom stereocenters. The lowest BCUT2D eigenvalue weighted by Gasteiger charge is -2.13. The van der Waals surface area contributed by atoms with Gasteiger partial charge in [-0.3, -0.25) is 20.4 Å². The number of hydrogen-bond donors (Lipinski definition) is 2. The van der Waals surface area contributed by atoms with Crippen LogP contribution in [0.3, 0.4) is 0 Å². The molecule has 2 N–H and O–H groups in total. The van der Waals surface area contributed by atoms with Gasteiger partial charge in [0.15, 0.2) is 12.3 Å². The fraction of sp³-hybridized carbons (Fsp3) is 0.172. The fourth-order valence-corrected chi connectivity index (χ4v) is 4.41. The fourth-order valence-electron chi connectivity index (χ4n) is 4.41. The molecule has 0 bridgehead atoms. The molecule has 0 unspecified atom stereocenters. The molecule has 2 aromatic heterocycles. The van der Waals surface area contributed by atoms with Gasteiger partial charge in [0.1, 0.15) is 5.75 Å². The molecule has 0 spiro atoms. The topological polar surface area (TPSA) is 97.6 Å². The van der Waals surface area contributed by atoms with E-state index < -0.39 is 5.91 Å². The highest BCUT2D eigenvalue weighted by Gasteiger charge is 2.15. The van der Waals surface area contributed by atoms with Crippen LogP contribution in [0.4, 0.5) is 0 Å². The van der Waals surface area contributed by atoms with Gasteiger partial charge in [0.2, 0.25) is 5.91 Å². The minimum Gasteiger partial charge on any atom is -0.483 e. The number of ether oxygens (including phenoxy) is 1. The van der Waals surface area contributed by atoms with Crippen molar-refractivity contribution in [3.8, 4) is 16.9 Å². The maximum absolute atomic E-state index is 12.5. The molecule has 5 rings (SSSR count). The summed E-state index contributed by atoms with van der Waals surface area (Å²) in [7, 11) is 0. The van der Waals surface area contributed by atoms with E-state index >= 15 is 0 Å². The number of carbonyl (C=O) groups excluding carboxylic acids is 2. The maximum Gasteiger partial charge on any atom is 0.276 e. The third-order valence-electron chi connectivity index (χ3n) is 6.29. The lowest BCUT2D eigenvalue weighted by Crippen LogP contribution is -2.44. The molecular weight excluding hydrogens is 466 g/mol. The molecule has 37 heavy (non-hydrogen) atoms. The van der Waals surface area contributed by atoms with Crippen LogP contribution < -0.4 is 15.6 Å². The van der Waals surface area contributed by atoms with Gasteiger partial charge in [0, 0.05) is 28.8 Å². The van der Waals surface area contributed by atoms with Crippen molar-refractivity contribution < 1.29 is 14.3 Å². The number of aromatic nitrogens is 3. The summed E-state index contributed by atoms with van der Waals surface area (Å²) in [6.07, 6.45) is 0.660. The van der Waals surface area contributed by atoms with E-state index in [0.29, 0.717) is 12.2 Å². The van der Waals surface area contributed by atoms with Crippen molar-refractivity contribution in [2.75, 3.05) is 6.61 Å². The number of carbonyl (C=O) groups is 2. The van der Waals surface area contributed by atoms with Gasteiger partial charge in [-0.15, -0.1) is 0 Å². The summed E-state index contributed by atoms with van der Waals surface area (Å²) in [6, 6.07) is 25.2. The van der Waals surface area contributed by atoms with Gasteiger partial charge in [0.25, 0.3) is 5.91 Å². The number of benzene rings is 3. The molecule has 2 amide bonds. The van der Waals surface area contributed by atoms with Crippen LogP contribution in [-0.2, 0) is 16.0 Å². The summed E-state index contributed by atoms with van der Waals surface area (Å²) >= 11 is 0. The molecule has 8 heteroatoms. The van der Waals surface area contributed by atoms with E-state index in [4.69, 9.17) is 9.72 Å². The lowest BCUT2D eigenvalue weighted by molar-refractivity contribution is -0.130. The second-order valence-electron chi connectivity index (χ2n) is 8.76. The van der Waals surface area contributed by atoms with Gasteiger partial charge in [-0.2, -0.15) is 5.10 Å². The molecule has 0 aliphatic carbocycles. The van der Waals surface area contributed by atoms with Crippen LogP contribution in [0.5, 0.6) is 5.75 Å². The Morgan fingerprint density at radius 1 is 0.865 bits per heavy atom. The Balaban J connectivity index is 1.16. The predicted octanol–water partition coefficient (Wildman–Crippen LogP) is 4.33. The Kier molecular flexibility index (Phi) is 6.81. The van der Waals surface area contributed by atoms with Crippen molar-refractivity contribution in [1.82, 2.24) is 25.4 Å². The highest BCUT2D eigenvalue weighted by atomic mass is 16.5. The van der Waals surface area contributed by atoms with E-state index in [1.54, 1.807) is 0 Å². The zero-order valence-electron chi connectivity index (χ0n) is 20.7. The number of aryl methyl sites for hydroxylation is 2. The standard InChI is InChI=1S/C29H27N5O3/c1-19-22(20(2)34-29(30-19)24-13-6-8-14-25(24)33-34)16-17-27(35)31-32-28(36)18-37-26-15-9-7-12-23(26)21-10-4-3-5-11-21/h3-15H,16-18H2,1-2H3,(H,31,35)(H,32,36). The minimum absolute atomic E-state index is 0.188. The highest BCUT2D eigenvalue weighted by molar-refractivity contribution is 5.92. The molecule has 0 saturated carbocycles. The van der Waals surface area contributed by atoms with Gasteiger partial charge in [-0.25, -0.2) is 9.50 Å². The molecule has 3 aromatic carbocycles. The number of hydrazine groups is 1. The maximum atomic E-state index is 12.5. The van der Waals surface area contributed by atoms with Crippen LogP contribution in [0, 0.1) is 13.8 Å². The first-order chi connectivity index (χ1) is 18.0. The van der Waals surface area contributed by atoms with E-state index in [-0.39, 0.29) is 18.9 Å². The number of para-hydroxylation sites is 1. The van der Waals surface area contributed by atoms with Crippen LogP contribution in [0.1, 0.15) is 23.4 Å². The largest absolute Gasteiger partial charge is 0.483 e. The quantitative estimate of drug-likeness (QED) is 0.329.